The second kappa shape index (κ2) is 14.0. The Labute approximate surface area is 187 Å². The summed E-state index contributed by atoms with van der Waals surface area (Å²) in [5.41, 5.74) is 2.30. The van der Waals surface area contributed by atoms with Crippen molar-refractivity contribution < 1.29 is 9.47 Å². The zero-order valence-corrected chi connectivity index (χ0v) is 20.1. The van der Waals surface area contributed by atoms with Crippen LogP contribution >= 0.6 is 24.0 Å². The maximum Gasteiger partial charge on any atom is 0.191 e. The van der Waals surface area contributed by atoms with Crippen molar-refractivity contribution in [1.29, 1.82) is 0 Å². The summed E-state index contributed by atoms with van der Waals surface area (Å²) in [6.45, 7) is 10.8. The molecule has 0 unspecified atom stereocenters. The molecule has 0 radical (unpaired) electrons. The summed E-state index contributed by atoms with van der Waals surface area (Å²) in [7, 11) is 3.48. The van der Waals surface area contributed by atoms with E-state index in [1.807, 2.05) is 0 Å². The Kier molecular flexibility index (Phi) is 12.5. The highest BCUT2D eigenvalue weighted by Gasteiger charge is 2.19. The normalized spacial score (nSPS) is 15.8. The van der Waals surface area contributed by atoms with Gasteiger partial charge in [-0.15, -0.1) is 24.0 Å². The predicted molar refractivity (Wildman–Crippen MR) is 127 cm³/mol. The average Bonchev–Trinajstić information content (AvgIpc) is 2.69. The average molecular weight is 504 g/mol. The first-order valence-corrected chi connectivity index (χ1v) is 10.0. The van der Waals surface area contributed by atoms with E-state index in [1.165, 1.54) is 18.4 Å². The molecule has 0 aliphatic carbocycles. The molecule has 1 aromatic rings. The number of halogens is 1. The molecule has 1 aliphatic heterocycles. The third-order valence-electron chi connectivity index (χ3n) is 5.07. The van der Waals surface area contributed by atoms with Crippen molar-refractivity contribution in [1.82, 2.24) is 15.5 Å². The number of aryl methyl sites for hydroxylation is 1. The van der Waals surface area contributed by atoms with Gasteiger partial charge < -0.3 is 25.0 Å². The van der Waals surface area contributed by atoms with Gasteiger partial charge in [-0.05, 0) is 57.3 Å². The van der Waals surface area contributed by atoms with E-state index in [9.17, 15) is 0 Å². The largest absolute Gasteiger partial charge is 0.496 e. The highest BCUT2D eigenvalue weighted by atomic mass is 127. The zero-order valence-electron chi connectivity index (χ0n) is 17.8. The lowest BCUT2D eigenvalue weighted by Gasteiger charge is -2.32. The van der Waals surface area contributed by atoms with E-state index >= 15 is 0 Å². The van der Waals surface area contributed by atoms with Crippen LogP contribution in [-0.4, -0.2) is 64.4 Å². The molecular formula is C21H37IN4O2. The lowest BCUT2D eigenvalue weighted by molar-refractivity contribution is 0.121. The molecule has 0 atom stereocenters. The highest BCUT2D eigenvalue weighted by Crippen LogP contribution is 2.20. The molecule has 1 aromatic carbocycles. The van der Waals surface area contributed by atoms with E-state index in [-0.39, 0.29) is 24.0 Å². The van der Waals surface area contributed by atoms with Crippen LogP contribution in [0.2, 0.25) is 0 Å². The van der Waals surface area contributed by atoms with Crippen molar-refractivity contribution in [2.75, 3.05) is 53.6 Å². The Morgan fingerprint density at radius 3 is 2.61 bits per heavy atom. The number of benzene rings is 1. The van der Waals surface area contributed by atoms with Crippen molar-refractivity contribution in [3.8, 4) is 5.75 Å². The van der Waals surface area contributed by atoms with E-state index in [0.717, 1.165) is 56.6 Å². The van der Waals surface area contributed by atoms with Gasteiger partial charge in [-0.25, -0.2) is 4.99 Å². The van der Waals surface area contributed by atoms with Gasteiger partial charge in [-0.3, -0.25) is 0 Å². The van der Waals surface area contributed by atoms with Gasteiger partial charge in [0.2, 0.25) is 0 Å². The molecule has 0 spiro atoms. The van der Waals surface area contributed by atoms with Crippen molar-refractivity contribution in [2.45, 2.75) is 33.2 Å². The molecule has 2 N–H and O–H groups in total. The second-order valence-electron chi connectivity index (χ2n) is 7.17. The molecule has 28 heavy (non-hydrogen) atoms. The number of likely N-dealkylation sites (tertiary alicyclic amines) is 1. The summed E-state index contributed by atoms with van der Waals surface area (Å²) in [5.74, 6) is 2.47. The Morgan fingerprint density at radius 1 is 1.21 bits per heavy atom. The molecule has 0 aromatic heterocycles. The maximum atomic E-state index is 5.49. The van der Waals surface area contributed by atoms with Crippen LogP contribution in [-0.2, 0) is 11.3 Å². The predicted octanol–water partition coefficient (Wildman–Crippen LogP) is 3.04. The van der Waals surface area contributed by atoms with Gasteiger partial charge in [0.1, 0.15) is 5.75 Å². The van der Waals surface area contributed by atoms with Gasteiger partial charge in [-0.2, -0.15) is 0 Å². The zero-order chi connectivity index (χ0) is 19.5. The molecule has 6 nitrogen and oxygen atoms in total. The van der Waals surface area contributed by atoms with Crippen LogP contribution in [0, 0.1) is 12.8 Å². The first-order valence-electron chi connectivity index (χ1n) is 10.0. The van der Waals surface area contributed by atoms with E-state index in [0.29, 0.717) is 12.5 Å². The third kappa shape index (κ3) is 8.53. The Balaban J connectivity index is 0.00000392. The molecule has 0 saturated carbocycles. The molecule has 0 bridgehead atoms. The minimum absolute atomic E-state index is 0. The van der Waals surface area contributed by atoms with Crippen LogP contribution in [0.4, 0.5) is 0 Å². The first kappa shape index (κ1) is 25.0. The Hall–Kier alpha value is -1.06. The van der Waals surface area contributed by atoms with Crippen LogP contribution in [0.3, 0.4) is 0 Å². The van der Waals surface area contributed by atoms with E-state index in [4.69, 9.17) is 14.5 Å². The number of hydrogen-bond acceptors (Lipinski definition) is 4. The number of nitrogens with one attached hydrogen (secondary N) is 2. The van der Waals surface area contributed by atoms with E-state index < -0.39 is 0 Å². The Morgan fingerprint density at radius 2 is 1.96 bits per heavy atom. The number of methoxy groups -OCH3 is 2. The molecule has 0 amide bonds. The number of hydrogen-bond donors (Lipinski definition) is 2. The maximum absolute atomic E-state index is 5.49. The first-order chi connectivity index (χ1) is 13.2. The molecule has 2 rings (SSSR count). The fourth-order valence-electron chi connectivity index (χ4n) is 3.36. The highest BCUT2D eigenvalue weighted by molar-refractivity contribution is 14.0. The van der Waals surface area contributed by atoms with Gasteiger partial charge in [-0.1, -0.05) is 12.1 Å². The second-order valence-corrected chi connectivity index (χ2v) is 7.17. The van der Waals surface area contributed by atoms with Crippen molar-refractivity contribution in [3.63, 3.8) is 0 Å². The van der Waals surface area contributed by atoms with E-state index in [1.54, 1.807) is 14.2 Å². The van der Waals surface area contributed by atoms with Gasteiger partial charge in [0, 0.05) is 32.3 Å². The van der Waals surface area contributed by atoms with Crippen LogP contribution in [0.15, 0.2) is 23.2 Å². The van der Waals surface area contributed by atoms with Gasteiger partial charge in [0.25, 0.3) is 0 Å². The number of nitrogens with zero attached hydrogens (tertiary/aromatic N) is 2. The van der Waals surface area contributed by atoms with Crippen molar-refractivity contribution >= 4 is 29.9 Å². The summed E-state index contributed by atoms with van der Waals surface area (Å²) >= 11 is 0. The molecule has 7 heteroatoms. The van der Waals surface area contributed by atoms with Crippen LogP contribution in [0.1, 0.15) is 30.9 Å². The fraction of sp³-hybridized carbons (Fsp3) is 0.667. The quantitative estimate of drug-likeness (QED) is 0.308. The summed E-state index contributed by atoms with van der Waals surface area (Å²) in [6.07, 6.45) is 2.45. The van der Waals surface area contributed by atoms with E-state index in [2.05, 4.69) is 47.6 Å². The smallest absolute Gasteiger partial charge is 0.191 e. The minimum atomic E-state index is 0. The van der Waals surface area contributed by atoms with Crippen LogP contribution in [0.25, 0.3) is 0 Å². The van der Waals surface area contributed by atoms with Crippen molar-refractivity contribution in [3.05, 3.63) is 29.3 Å². The lowest BCUT2D eigenvalue weighted by Crippen LogP contribution is -2.43. The summed E-state index contributed by atoms with van der Waals surface area (Å²) in [5, 5.41) is 6.87. The number of aliphatic imine (C=N–C) groups is 1. The SMILES string of the molecule is CCNC(=NCc1ccc(C)cc1OC)NCC1CCN(CCOC)CC1.I. The number of rotatable bonds is 9. The molecule has 1 aliphatic rings. The minimum Gasteiger partial charge on any atom is -0.496 e. The number of ether oxygens (including phenoxy) is 2. The number of guanidine groups is 1. The lowest BCUT2D eigenvalue weighted by atomic mass is 9.97. The van der Waals surface area contributed by atoms with Crippen LogP contribution in [0.5, 0.6) is 5.75 Å². The third-order valence-corrected chi connectivity index (χ3v) is 5.07. The Bertz CT molecular complexity index is 590. The molecular weight excluding hydrogens is 467 g/mol. The molecule has 160 valence electrons. The molecule has 1 fully saturated rings. The summed E-state index contributed by atoms with van der Waals surface area (Å²) < 4.78 is 10.7. The topological polar surface area (TPSA) is 58.1 Å². The molecule has 1 saturated heterocycles. The van der Waals surface area contributed by atoms with Crippen molar-refractivity contribution in [2.24, 2.45) is 10.9 Å². The summed E-state index contributed by atoms with van der Waals surface area (Å²) in [4.78, 5) is 7.24. The van der Waals surface area contributed by atoms with Gasteiger partial charge in [0.05, 0.1) is 20.3 Å². The monoisotopic (exact) mass is 504 g/mol. The summed E-state index contributed by atoms with van der Waals surface area (Å²) in [6, 6.07) is 6.25. The van der Waals surface area contributed by atoms with Gasteiger partial charge in [0.15, 0.2) is 5.96 Å². The standard InChI is InChI=1S/C21H36N4O2.HI/c1-5-22-21(24-16-19-7-6-17(2)14-20(19)27-4)23-15-18-8-10-25(11-9-18)12-13-26-3;/h6-7,14,18H,5,8-13,15-16H2,1-4H3,(H2,22,23,24);1H. The van der Waals surface area contributed by atoms with Gasteiger partial charge >= 0.3 is 0 Å². The number of piperidine rings is 1. The fourth-order valence-corrected chi connectivity index (χ4v) is 3.36. The molecule has 1 heterocycles. The van der Waals surface area contributed by atoms with Crippen LogP contribution < -0.4 is 15.4 Å².